The van der Waals surface area contributed by atoms with Crippen LogP contribution < -0.4 is 5.32 Å². The van der Waals surface area contributed by atoms with E-state index in [4.69, 9.17) is 5.26 Å². The first-order valence-corrected chi connectivity index (χ1v) is 6.02. The number of hydrogen-bond donors (Lipinski definition) is 1. The zero-order chi connectivity index (χ0) is 11.4. The van der Waals surface area contributed by atoms with Gasteiger partial charge in [0.1, 0.15) is 0 Å². The Morgan fingerprint density at radius 3 is 2.75 bits per heavy atom. The van der Waals surface area contributed by atoms with E-state index in [2.05, 4.69) is 42.6 Å². The molecule has 3 atom stereocenters. The van der Waals surface area contributed by atoms with Crippen LogP contribution in [0.2, 0.25) is 0 Å². The summed E-state index contributed by atoms with van der Waals surface area (Å²) in [4.78, 5) is 0. The normalized spacial score (nSPS) is 26.2. The van der Waals surface area contributed by atoms with E-state index in [1.807, 2.05) is 6.07 Å². The fraction of sp³-hybridized carbons (Fsp3) is 0.500. The fourth-order valence-corrected chi connectivity index (χ4v) is 2.47. The molecule has 0 bridgehead atoms. The molecule has 2 rings (SSSR count). The van der Waals surface area contributed by atoms with Gasteiger partial charge < -0.3 is 5.32 Å². The van der Waals surface area contributed by atoms with Crippen molar-refractivity contribution in [2.45, 2.75) is 38.3 Å². The predicted molar refractivity (Wildman–Crippen MR) is 64.7 cm³/mol. The number of hydrogen-bond acceptors (Lipinski definition) is 2. The fourth-order valence-electron chi connectivity index (χ4n) is 2.47. The van der Waals surface area contributed by atoms with Gasteiger partial charge in [0.15, 0.2) is 0 Å². The van der Waals surface area contributed by atoms with Crippen molar-refractivity contribution in [2.24, 2.45) is 5.92 Å². The molecule has 1 aliphatic rings. The Bertz CT molecular complexity index is 366. The molecule has 0 heterocycles. The second kappa shape index (κ2) is 5.14. The lowest BCUT2D eigenvalue weighted by Gasteiger charge is -2.21. The minimum Gasteiger partial charge on any atom is -0.306 e. The maximum Gasteiger partial charge on any atom is 0.0672 e. The van der Waals surface area contributed by atoms with Gasteiger partial charge in [-0.15, -0.1) is 0 Å². The molecule has 0 aromatic heterocycles. The highest BCUT2D eigenvalue weighted by molar-refractivity contribution is 5.18. The molecule has 0 aliphatic heterocycles. The van der Waals surface area contributed by atoms with Crippen molar-refractivity contribution >= 4 is 0 Å². The van der Waals surface area contributed by atoms with Crippen LogP contribution in [0.5, 0.6) is 0 Å². The summed E-state index contributed by atoms with van der Waals surface area (Å²) in [7, 11) is 0. The van der Waals surface area contributed by atoms with Crippen molar-refractivity contribution in [2.75, 3.05) is 0 Å². The zero-order valence-corrected chi connectivity index (χ0v) is 9.69. The predicted octanol–water partition coefficient (Wildman–Crippen LogP) is 3.03. The lowest BCUT2D eigenvalue weighted by molar-refractivity contribution is 0.417. The molecule has 0 saturated heterocycles. The third kappa shape index (κ3) is 2.43. The van der Waals surface area contributed by atoms with Crippen molar-refractivity contribution < 1.29 is 0 Å². The number of benzene rings is 1. The molecule has 0 radical (unpaired) electrons. The van der Waals surface area contributed by atoms with Crippen LogP contribution in [0.15, 0.2) is 30.3 Å². The van der Waals surface area contributed by atoms with Gasteiger partial charge in [-0.3, -0.25) is 0 Å². The van der Waals surface area contributed by atoms with Crippen molar-refractivity contribution in [3.8, 4) is 6.07 Å². The second-order valence-corrected chi connectivity index (χ2v) is 4.57. The Balaban J connectivity index is 1.98. The molecule has 16 heavy (non-hydrogen) atoms. The summed E-state index contributed by atoms with van der Waals surface area (Å²) in [6, 6.07) is 13.5. The van der Waals surface area contributed by atoms with Gasteiger partial charge in [0.05, 0.1) is 12.0 Å². The third-order valence-corrected chi connectivity index (χ3v) is 3.45. The highest BCUT2D eigenvalue weighted by Crippen LogP contribution is 2.27. The first-order chi connectivity index (χ1) is 7.81. The van der Waals surface area contributed by atoms with Crippen LogP contribution >= 0.6 is 0 Å². The van der Waals surface area contributed by atoms with Crippen molar-refractivity contribution in [1.82, 2.24) is 5.32 Å². The van der Waals surface area contributed by atoms with Crippen molar-refractivity contribution in [1.29, 1.82) is 5.26 Å². The Morgan fingerprint density at radius 1 is 1.31 bits per heavy atom. The zero-order valence-electron chi connectivity index (χ0n) is 9.69. The van der Waals surface area contributed by atoms with Gasteiger partial charge in [0.2, 0.25) is 0 Å². The molecular weight excluding hydrogens is 196 g/mol. The van der Waals surface area contributed by atoms with Gasteiger partial charge in [0.25, 0.3) is 0 Å². The van der Waals surface area contributed by atoms with Gasteiger partial charge in [-0.2, -0.15) is 5.26 Å². The molecule has 2 nitrogen and oxygen atoms in total. The second-order valence-electron chi connectivity index (χ2n) is 4.57. The molecule has 2 unspecified atom stereocenters. The number of nitrogens with one attached hydrogen (secondary N) is 1. The summed E-state index contributed by atoms with van der Waals surface area (Å²) >= 11 is 0. The summed E-state index contributed by atoms with van der Waals surface area (Å²) in [5.74, 6) is 0.200. The van der Waals surface area contributed by atoms with E-state index in [-0.39, 0.29) is 5.92 Å². The molecule has 1 saturated carbocycles. The van der Waals surface area contributed by atoms with Crippen molar-refractivity contribution in [3.63, 3.8) is 0 Å². The Morgan fingerprint density at radius 2 is 2.06 bits per heavy atom. The molecule has 1 aliphatic carbocycles. The molecule has 2 heteroatoms. The summed E-state index contributed by atoms with van der Waals surface area (Å²) in [5.41, 5.74) is 1.30. The van der Waals surface area contributed by atoms with Crippen LogP contribution in [0.3, 0.4) is 0 Å². The van der Waals surface area contributed by atoms with E-state index < -0.39 is 0 Å². The summed E-state index contributed by atoms with van der Waals surface area (Å²) in [6.07, 6.45) is 3.36. The van der Waals surface area contributed by atoms with Crippen molar-refractivity contribution in [3.05, 3.63) is 35.9 Å². The van der Waals surface area contributed by atoms with Crippen LogP contribution in [0.4, 0.5) is 0 Å². The first kappa shape index (κ1) is 11.2. The van der Waals surface area contributed by atoms with Gasteiger partial charge >= 0.3 is 0 Å². The molecule has 1 aromatic carbocycles. The Kier molecular flexibility index (Phi) is 3.58. The van der Waals surface area contributed by atoms with E-state index in [9.17, 15) is 0 Å². The lowest BCUT2D eigenvalue weighted by Crippen LogP contribution is -2.33. The quantitative estimate of drug-likeness (QED) is 0.839. The smallest absolute Gasteiger partial charge is 0.0672 e. The van der Waals surface area contributed by atoms with E-state index in [0.29, 0.717) is 12.1 Å². The van der Waals surface area contributed by atoms with Crippen LogP contribution in [0.1, 0.15) is 37.8 Å². The van der Waals surface area contributed by atoms with E-state index in [1.54, 1.807) is 0 Å². The third-order valence-electron chi connectivity index (χ3n) is 3.45. The standard InChI is InChI=1S/C14H18N2/c1-11(12-6-3-2-4-7-12)16-14-9-5-8-13(14)10-15/h2-4,6-7,11,13-14,16H,5,8-9H2,1H3/t11-,13?,14?/m0/s1. The van der Waals surface area contributed by atoms with Crippen LogP contribution in [0, 0.1) is 17.2 Å². The van der Waals surface area contributed by atoms with E-state index in [1.165, 1.54) is 12.0 Å². The highest BCUT2D eigenvalue weighted by Gasteiger charge is 2.27. The Labute approximate surface area is 97.3 Å². The van der Waals surface area contributed by atoms with Crippen LogP contribution in [-0.2, 0) is 0 Å². The maximum atomic E-state index is 9.03. The summed E-state index contributed by atoms with van der Waals surface area (Å²) in [5, 5.41) is 12.6. The monoisotopic (exact) mass is 214 g/mol. The van der Waals surface area contributed by atoms with Gasteiger partial charge in [0, 0.05) is 12.1 Å². The number of nitriles is 1. The minimum atomic E-state index is 0.200. The lowest BCUT2D eigenvalue weighted by atomic mass is 10.0. The first-order valence-electron chi connectivity index (χ1n) is 6.02. The molecule has 0 spiro atoms. The minimum absolute atomic E-state index is 0.200. The summed E-state index contributed by atoms with van der Waals surface area (Å²) in [6.45, 7) is 2.17. The molecule has 84 valence electrons. The van der Waals surface area contributed by atoms with Crippen LogP contribution in [0.25, 0.3) is 0 Å². The Hall–Kier alpha value is -1.33. The molecule has 1 fully saturated rings. The number of nitrogens with zero attached hydrogens (tertiary/aromatic N) is 1. The average molecular weight is 214 g/mol. The number of rotatable bonds is 3. The highest BCUT2D eigenvalue weighted by atomic mass is 15.0. The van der Waals surface area contributed by atoms with Crippen LogP contribution in [-0.4, -0.2) is 6.04 Å². The largest absolute Gasteiger partial charge is 0.306 e. The van der Waals surface area contributed by atoms with Gasteiger partial charge in [-0.1, -0.05) is 36.8 Å². The van der Waals surface area contributed by atoms with Gasteiger partial charge in [-0.05, 0) is 25.3 Å². The van der Waals surface area contributed by atoms with E-state index >= 15 is 0 Å². The van der Waals surface area contributed by atoms with E-state index in [0.717, 1.165) is 12.8 Å². The summed E-state index contributed by atoms with van der Waals surface area (Å²) < 4.78 is 0. The topological polar surface area (TPSA) is 35.8 Å². The maximum absolute atomic E-state index is 9.03. The molecule has 1 aromatic rings. The molecule has 1 N–H and O–H groups in total. The average Bonchev–Trinajstić information content (AvgIpc) is 2.77. The molecular formula is C14H18N2. The molecule has 0 amide bonds. The van der Waals surface area contributed by atoms with Gasteiger partial charge in [-0.25, -0.2) is 0 Å². The SMILES string of the molecule is C[C@H](NC1CCCC1C#N)c1ccccc1.